The number of anilines is 1. The number of methoxy groups -OCH3 is 1. The lowest BCUT2D eigenvalue weighted by atomic mass is 10.0. The van der Waals surface area contributed by atoms with Gasteiger partial charge in [0.1, 0.15) is 17.1 Å². The van der Waals surface area contributed by atoms with Crippen LogP contribution >= 0.6 is 0 Å². The van der Waals surface area contributed by atoms with Gasteiger partial charge < -0.3 is 10.1 Å². The number of hydrogen-bond donors (Lipinski definition) is 2. The Labute approximate surface area is 151 Å². The van der Waals surface area contributed by atoms with Crippen molar-refractivity contribution in [3.05, 3.63) is 41.6 Å². The van der Waals surface area contributed by atoms with Crippen LogP contribution < -0.4 is 15.4 Å². The number of benzene rings is 1. The van der Waals surface area contributed by atoms with Crippen LogP contribution in [-0.2, 0) is 0 Å². The number of carbonyl (C=O) groups excluding carboxylic acids is 1. The molecule has 0 spiro atoms. The molecule has 7 nitrogen and oxygen atoms in total. The van der Waals surface area contributed by atoms with Crippen molar-refractivity contribution < 1.29 is 9.53 Å². The van der Waals surface area contributed by atoms with E-state index < -0.39 is 0 Å². The lowest BCUT2D eigenvalue weighted by molar-refractivity contribution is 0.252. The van der Waals surface area contributed by atoms with Gasteiger partial charge in [-0.3, -0.25) is 10.3 Å². The third-order valence-corrected chi connectivity index (χ3v) is 3.95. The molecule has 0 aliphatic heterocycles. The van der Waals surface area contributed by atoms with Crippen LogP contribution in [0.1, 0.15) is 18.1 Å². The number of nitrogens with zero attached hydrogens (tertiary/aromatic N) is 3. The second-order valence-corrected chi connectivity index (χ2v) is 5.92. The molecule has 0 saturated carbocycles. The first kappa shape index (κ1) is 17.6. The second-order valence-electron chi connectivity index (χ2n) is 5.92. The number of aromatic nitrogens is 3. The summed E-state index contributed by atoms with van der Waals surface area (Å²) in [5.74, 6) is 1.30. The van der Waals surface area contributed by atoms with Crippen LogP contribution in [0.2, 0.25) is 0 Å². The number of carbonyl (C=O) groups is 1. The minimum atomic E-state index is -0.301. The molecular weight excluding hydrogens is 330 g/mol. The van der Waals surface area contributed by atoms with Gasteiger partial charge in [0, 0.05) is 12.1 Å². The molecule has 134 valence electrons. The molecular formula is C19H21N5O2. The lowest BCUT2D eigenvalue weighted by Crippen LogP contribution is -2.28. The van der Waals surface area contributed by atoms with Crippen LogP contribution in [0, 0.1) is 13.8 Å². The maximum atomic E-state index is 11.7. The average Bonchev–Trinajstić information content (AvgIpc) is 2.61. The first-order valence-corrected chi connectivity index (χ1v) is 8.36. The normalized spacial score (nSPS) is 10.6. The van der Waals surface area contributed by atoms with E-state index in [4.69, 9.17) is 4.74 Å². The maximum absolute atomic E-state index is 11.7. The fourth-order valence-electron chi connectivity index (χ4n) is 2.85. The van der Waals surface area contributed by atoms with Crippen molar-refractivity contribution in [3.63, 3.8) is 0 Å². The Balaban J connectivity index is 1.99. The van der Waals surface area contributed by atoms with Gasteiger partial charge in [0.05, 0.1) is 19.0 Å². The fourth-order valence-corrected chi connectivity index (χ4v) is 2.85. The molecule has 7 heteroatoms. The largest absolute Gasteiger partial charge is 0.496 e. The molecule has 2 amide bonds. The van der Waals surface area contributed by atoms with Gasteiger partial charge in [0.25, 0.3) is 0 Å². The topological polar surface area (TPSA) is 89.0 Å². The van der Waals surface area contributed by atoms with E-state index in [1.807, 2.05) is 32.9 Å². The molecule has 3 aromatic rings. The summed E-state index contributed by atoms with van der Waals surface area (Å²) < 4.78 is 5.41. The zero-order valence-corrected chi connectivity index (χ0v) is 15.3. The summed E-state index contributed by atoms with van der Waals surface area (Å²) in [5.41, 5.74) is 4.86. The minimum absolute atomic E-state index is 0.301. The highest BCUT2D eigenvalue weighted by Gasteiger charge is 2.10. The summed E-state index contributed by atoms with van der Waals surface area (Å²) >= 11 is 0. The Morgan fingerprint density at radius 3 is 2.54 bits per heavy atom. The zero-order valence-electron chi connectivity index (χ0n) is 15.3. The summed E-state index contributed by atoms with van der Waals surface area (Å²) in [6.45, 7) is 6.39. The lowest BCUT2D eigenvalue weighted by Gasteiger charge is -2.11. The number of nitrogens with one attached hydrogen (secondary N) is 2. The van der Waals surface area contributed by atoms with Crippen LogP contribution in [0.4, 0.5) is 10.6 Å². The summed E-state index contributed by atoms with van der Waals surface area (Å²) in [6, 6.07) is 7.21. The highest BCUT2D eigenvalue weighted by atomic mass is 16.5. The maximum Gasteiger partial charge on any atom is 0.320 e. The summed E-state index contributed by atoms with van der Waals surface area (Å²) in [5, 5.41) is 5.35. The van der Waals surface area contributed by atoms with E-state index in [0.717, 1.165) is 22.4 Å². The number of urea groups is 1. The molecule has 26 heavy (non-hydrogen) atoms. The van der Waals surface area contributed by atoms with E-state index in [1.54, 1.807) is 25.4 Å². The molecule has 0 saturated heterocycles. The van der Waals surface area contributed by atoms with Crippen LogP contribution in [0.25, 0.3) is 22.4 Å². The van der Waals surface area contributed by atoms with Crippen molar-refractivity contribution in [2.24, 2.45) is 0 Å². The van der Waals surface area contributed by atoms with Gasteiger partial charge in [0.15, 0.2) is 5.65 Å². The van der Waals surface area contributed by atoms with E-state index in [9.17, 15) is 4.79 Å². The molecule has 0 unspecified atom stereocenters. The smallest absolute Gasteiger partial charge is 0.320 e. The number of pyridine rings is 1. The molecule has 0 aliphatic rings. The molecule has 0 aliphatic carbocycles. The predicted octanol–water partition coefficient (Wildman–Crippen LogP) is 3.46. The molecule has 2 heterocycles. The van der Waals surface area contributed by atoms with Gasteiger partial charge >= 0.3 is 6.03 Å². The van der Waals surface area contributed by atoms with Gasteiger partial charge in [0.2, 0.25) is 0 Å². The highest BCUT2D eigenvalue weighted by molar-refractivity contribution is 5.89. The van der Waals surface area contributed by atoms with Crippen molar-refractivity contribution in [2.75, 3.05) is 19.0 Å². The summed E-state index contributed by atoms with van der Waals surface area (Å²) in [7, 11) is 1.66. The quantitative estimate of drug-likeness (QED) is 0.751. The van der Waals surface area contributed by atoms with Gasteiger partial charge in [-0.05, 0) is 56.2 Å². The Hall–Kier alpha value is -3.22. The molecule has 3 rings (SSSR count). The Kier molecular flexibility index (Phi) is 4.97. The van der Waals surface area contributed by atoms with E-state index in [0.29, 0.717) is 29.2 Å². The number of hydrogen-bond acceptors (Lipinski definition) is 5. The molecule has 0 fully saturated rings. The van der Waals surface area contributed by atoms with E-state index in [2.05, 4.69) is 25.6 Å². The molecule has 0 radical (unpaired) electrons. The zero-order chi connectivity index (χ0) is 18.7. The second kappa shape index (κ2) is 7.35. The van der Waals surface area contributed by atoms with Gasteiger partial charge in [-0.1, -0.05) is 0 Å². The fraction of sp³-hybridized carbons (Fsp3) is 0.263. The van der Waals surface area contributed by atoms with Crippen LogP contribution in [0.5, 0.6) is 5.75 Å². The monoisotopic (exact) mass is 351 g/mol. The third-order valence-electron chi connectivity index (χ3n) is 3.95. The van der Waals surface area contributed by atoms with Gasteiger partial charge in [-0.2, -0.15) is 0 Å². The molecule has 1 aromatic carbocycles. The van der Waals surface area contributed by atoms with E-state index in [-0.39, 0.29) is 6.03 Å². The summed E-state index contributed by atoms with van der Waals surface area (Å²) in [6.07, 6.45) is 1.72. The predicted molar refractivity (Wildman–Crippen MR) is 101 cm³/mol. The number of fused-ring (bicyclic) bond motifs is 1. The Morgan fingerprint density at radius 2 is 1.88 bits per heavy atom. The van der Waals surface area contributed by atoms with E-state index >= 15 is 0 Å². The first-order valence-electron chi connectivity index (χ1n) is 8.36. The number of ether oxygens (including phenoxy) is 1. The molecule has 2 aromatic heterocycles. The van der Waals surface area contributed by atoms with E-state index in [1.165, 1.54) is 0 Å². The van der Waals surface area contributed by atoms with Crippen LogP contribution in [0.3, 0.4) is 0 Å². The molecule has 2 N–H and O–H groups in total. The van der Waals surface area contributed by atoms with Crippen molar-refractivity contribution in [1.29, 1.82) is 0 Å². The van der Waals surface area contributed by atoms with Crippen molar-refractivity contribution in [1.82, 2.24) is 20.3 Å². The summed E-state index contributed by atoms with van der Waals surface area (Å²) in [4.78, 5) is 25.1. The number of aryl methyl sites for hydroxylation is 2. The number of amides is 2. The number of rotatable bonds is 4. The van der Waals surface area contributed by atoms with Crippen LogP contribution in [0.15, 0.2) is 30.5 Å². The highest BCUT2D eigenvalue weighted by Crippen LogP contribution is 2.29. The Morgan fingerprint density at radius 1 is 1.15 bits per heavy atom. The standard InChI is InChI=1S/C19H21N5O2/c1-5-20-19(25)24-16-7-6-14-18(23-16)22-15(10-21-14)13-8-11(2)17(26-4)12(3)9-13/h6-10H,5H2,1-4H3,(H2,20,22,23,24,25). The molecule has 0 atom stereocenters. The average molecular weight is 351 g/mol. The van der Waals surface area contributed by atoms with Crippen LogP contribution in [-0.4, -0.2) is 34.6 Å². The third kappa shape index (κ3) is 3.56. The van der Waals surface area contributed by atoms with Crippen molar-refractivity contribution >= 4 is 23.0 Å². The minimum Gasteiger partial charge on any atom is -0.496 e. The van der Waals surface area contributed by atoms with Gasteiger partial charge in [-0.15, -0.1) is 0 Å². The SMILES string of the molecule is CCNC(=O)Nc1ccc2ncc(-c3cc(C)c(OC)c(C)c3)nc2n1. The van der Waals surface area contributed by atoms with Crippen molar-refractivity contribution in [3.8, 4) is 17.0 Å². The first-order chi connectivity index (χ1) is 12.5. The van der Waals surface area contributed by atoms with Crippen molar-refractivity contribution in [2.45, 2.75) is 20.8 Å². The Bertz CT molecular complexity index is 948. The molecule has 0 bridgehead atoms. The van der Waals surface area contributed by atoms with Gasteiger partial charge in [-0.25, -0.2) is 14.8 Å².